The number of aryl methyl sites for hydroxylation is 1. The molecule has 0 fully saturated rings. The van der Waals surface area contributed by atoms with Crippen LogP contribution in [0.15, 0.2) is 24.3 Å². The van der Waals surface area contributed by atoms with Crippen LogP contribution >= 0.6 is 0 Å². The van der Waals surface area contributed by atoms with E-state index in [2.05, 4.69) is 10.1 Å². The van der Waals surface area contributed by atoms with E-state index in [0.717, 1.165) is 0 Å². The van der Waals surface area contributed by atoms with Gasteiger partial charge in [-0.2, -0.15) is 0 Å². The summed E-state index contributed by atoms with van der Waals surface area (Å²) in [5, 5.41) is 11.4. The Morgan fingerprint density at radius 1 is 1.22 bits per heavy atom. The average molecular weight is 333 g/mol. The third-order valence-corrected chi connectivity index (χ3v) is 3.33. The lowest BCUT2D eigenvalue weighted by molar-refractivity contribution is -0.274. The summed E-state index contributed by atoms with van der Waals surface area (Å²) in [5.74, 6) is -2.35. The molecule has 2 unspecified atom stereocenters. The maximum Gasteiger partial charge on any atom is 0.573 e. The third-order valence-electron chi connectivity index (χ3n) is 3.33. The van der Waals surface area contributed by atoms with Gasteiger partial charge in [0.2, 0.25) is 5.91 Å². The van der Waals surface area contributed by atoms with Crippen LogP contribution in [-0.2, 0) is 16.0 Å². The fourth-order valence-electron chi connectivity index (χ4n) is 1.78. The van der Waals surface area contributed by atoms with Gasteiger partial charge in [-0.15, -0.1) is 13.2 Å². The molecule has 5 nitrogen and oxygen atoms in total. The van der Waals surface area contributed by atoms with Crippen molar-refractivity contribution in [3.05, 3.63) is 29.8 Å². The summed E-state index contributed by atoms with van der Waals surface area (Å²) in [4.78, 5) is 22.5. The Morgan fingerprint density at radius 2 is 1.78 bits per heavy atom. The maximum absolute atomic E-state index is 12.0. The molecule has 0 aliphatic carbocycles. The van der Waals surface area contributed by atoms with Gasteiger partial charge in [-0.1, -0.05) is 12.1 Å². The Bertz CT molecular complexity index is 543. The van der Waals surface area contributed by atoms with Crippen molar-refractivity contribution in [3.8, 4) is 5.75 Å². The number of alkyl halides is 3. The smallest absolute Gasteiger partial charge is 0.481 e. The Labute approximate surface area is 131 Å². The highest BCUT2D eigenvalue weighted by Gasteiger charge is 2.30. The number of hydrogen-bond donors (Lipinski definition) is 2. The van der Waals surface area contributed by atoms with E-state index in [1.807, 2.05) is 0 Å². The molecule has 8 heteroatoms. The fraction of sp³-hybridized carbons (Fsp3) is 0.467. The van der Waals surface area contributed by atoms with Crippen LogP contribution in [0.5, 0.6) is 5.75 Å². The van der Waals surface area contributed by atoms with Gasteiger partial charge in [0.1, 0.15) is 5.75 Å². The zero-order chi connectivity index (χ0) is 17.6. The highest BCUT2D eigenvalue weighted by molar-refractivity contribution is 5.78. The Morgan fingerprint density at radius 3 is 2.26 bits per heavy atom. The third kappa shape index (κ3) is 7.03. The van der Waals surface area contributed by atoms with Gasteiger partial charge < -0.3 is 15.2 Å². The Kier molecular flexibility index (Phi) is 6.41. The quantitative estimate of drug-likeness (QED) is 0.804. The highest BCUT2D eigenvalue weighted by atomic mass is 19.4. The van der Waals surface area contributed by atoms with Crippen molar-refractivity contribution < 1.29 is 32.6 Å². The van der Waals surface area contributed by atoms with E-state index in [4.69, 9.17) is 5.11 Å². The van der Waals surface area contributed by atoms with E-state index in [-0.39, 0.29) is 18.1 Å². The van der Waals surface area contributed by atoms with Gasteiger partial charge in [0.05, 0.1) is 5.92 Å². The highest BCUT2D eigenvalue weighted by Crippen LogP contribution is 2.23. The number of ether oxygens (including phenoxy) is 1. The number of hydrogen-bond acceptors (Lipinski definition) is 3. The molecule has 2 N–H and O–H groups in total. The second kappa shape index (κ2) is 7.85. The van der Waals surface area contributed by atoms with Crippen LogP contribution in [0.2, 0.25) is 0 Å². The SMILES string of the molecule is CC(NC(=O)CCc1ccc(OC(F)(F)F)cc1)C(C)C(=O)O. The van der Waals surface area contributed by atoms with Crippen LogP contribution < -0.4 is 10.1 Å². The first-order valence-electron chi connectivity index (χ1n) is 6.95. The average Bonchev–Trinajstić information content (AvgIpc) is 2.43. The van der Waals surface area contributed by atoms with Gasteiger partial charge in [-0.05, 0) is 38.0 Å². The minimum absolute atomic E-state index is 0.107. The van der Waals surface area contributed by atoms with Gasteiger partial charge in [-0.3, -0.25) is 9.59 Å². The van der Waals surface area contributed by atoms with Crippen LogP contribution in [0.4, 0.5) is 13.2 Å². The summed E-state index contributed by atoms with van der Waals surface area (Å²) in [6, 6.07) is 4.73. The second-order valence-electron chi connectivity index (χ2n) is 5.17. The lowest BCUT2D eigenvalue weighted by Gasteiger charge is -2.17. The van der Waals surface area contributed by atoms with Crippen molar-refractivity contribution >= 4 is 11.9 Å². The minimum atomic E-state index is -4.74. The van der Waals surface area contributed by atoms with Crippen LogP contribution in [0.1, 0.15) is 25.8 Å². The summed E-state index contributed by atoms with van der Waals surface area (Å²) < 4.78 is 39.8. The standard InChI is InChI=1S/C15H18F3NO4/c1-9(14(21)22)10(2)19-13(20)8-5-11-3-6-12(7-4-11)23-15(16,17)18/h3-4,6-7,9-10H,5,8H2,1-2H3,(H,19,20)(H,21,22). The lowest BCUT2D eigenvalue weighted by Crippen LogP contribution is -2.40. The molecule has 1 aromatic carbocycles. The molecular weight excluding hydrogens is 315 g/mol. The van der Waals surface area contributed by atoms with Crippen LogP contribution in [-0.4, -0.2) is 29.4 Å². The summed E-state index contributed by atoms with van der Waals surface area (Å²) in [6.07, 6.45) is -4.30. The molecule has 0 saturated heterocycles. The van der Waals surface area contributed by atoms with Crippen molar-refractivity contribution in [2.24, 2.45) is 5.92 Å². The summed E-state index contributed by atoms with van der Waals surface area (Å²) in [6.45, 7) is 3.09. The molecule has 23 heavy (non-hydrogen) atoms. The molecule has 0 radical (unpaired) electrons. The molecule has 2 atom stereocenters. The molecule has 128 valence electrons. The molecule has 0 aromatic heterocycles. The second-order valence-corrected chi connectivity index (χ2v) is 5.17. The Hall–Kier alpha value is -2.25. The van der Waals surface area contributed by atoms with Gasteiger partial charge >= 0.3 is 12.3 Å². The molecule has 1 rings (SSSR count). The molecule has 0 aliphatic heterocycles. The number of rotatable bonds is 7. The van der Waals surface area contributed by atoms with E-state index < -0.39 is 24.3 Å². The zero-order valence-electron chi connectivity index (χ0n) is 12.7. The number of aliphatic carboxylic acids is 1. The van der Waals surface area contributed by atoms with E-state index in [0.29, 0.717) is 12.0 Å². The summed E-state index contributed by atoms with van der Waals surface area (Å²) in [5.41, 5.74) is 0.675. The predicted octanol–water partition coefficient (Wildman–Crippen LogP) is 2.74. The van der Waals surface area contributed by atoms with E-state index >= 15 is 0 Å². The Balaban J connectivity index is 2.46. The molecular formula is C15H18F3NO4. The fourth-order valence-corrected chi connectivity index (χ4v) is 1.78. The molecule has 1 amide bonds. The zero-order valence-corrected chi connectivity index (χ0v) is 12.7. The van der Waals surface area contributed by atoms with Crippen molar-refractivity contribution in [1.82, 2.24) is 5.32 Å². The first-order valence-corrected chi connectivity index (χ1v) is 6.95. The van der Waals surface area contributed by atoms with Crippen LogP contribution in [0.25, 0.3) is 0 Å². The molecule has 0 aliphatic rings. The van der Waals surface area contributed by atoms with Crippen molar-refractivity contribution in [1.29, 1.82) is 0 Å². The van der Waals surface area contributed by atoms with Gasteiger partial charge in [-0.25, -0.2) is 0 Å². The molecule has 0 spiro atoms. The number of benzene rings is 1. The van der Waals surface area contributed by atoms with E-state index in [1.165, 1.54) is 31.2 Å². The number of carbonyl (C=O) groups excluding carboxylic acids is 1. The lowest BCUT2D eigenvalue weighted by atomic mass is 10.0. The van der Waals surface area contributed by atoms with E-state index in [9.17, 15) is 22.8 Å². The van der Waals surface area contributed by atoms with Gasteiger partial charge in [0.15, 0.2) is 0 Å². The number of halogens is 3. The molecule has 0 heterocycles. The topological polar surface area (TPSA) is 75.6 Å². The summed E-state index contributed by atoms with van der Waals surface area (Å²) >= 11 is 0. The van der Waals surface area contributed by atoms with Gasteiger partial charge in [0.25, 0.3) is 0 Å². The molecule has 1 aromatic rings. The largest absolute Gasteiger partial charge is 0.573 e. The van der Waals surface area contributed by atoms with Crippen molar-refractivity contribution in [2.45, 2.75) is 39.1 Å². The number of carboxylic acid groups (broad SMARTS) is 1. The number of nitrogens with one attached hydrogen (secondary N) is 1. The monoisotopic (exact) mass is 333 g/mol. The number of amides is 1. The first kappa shape index (κ1) is 18.8. The predicted molar refractivity (Wildman–Crippen MR) is 75.9 cm³/mol. The minimum Gasteiger partial charge on any atom is -0.481 e. The van der Waals surface area contributed by atoms with Gasteiger partial charge in [0, 0.05) is 12.5 Å². The maximum atomic E-state index is 12.0. The first-order chi connectivity index (χ1) is 10.6. The number of carbonyl (C=O) groups is 2. The van der Waals surface area contributed by atoms with Crippen LogP contribution in [0.3, 0.4) is 0 Å². The van der Waals surface area contributed by atoms with Crippen molar-refractivity contribution in [3.63, 3.8) is 0 Å². The summed E-state index contributed by atoms with van der Waals surface area (Å²) in [7, 11) is 0. The number of carboxylic acids is 1. The molecule has 0 saturated carbocycles. The van der Waals surface area contributed by atoms with E-state index in [1.54, 1.807) is 6.92 Å². The van der Waals surface area contributed by atoms with Crippen molar-refractivity contribution in [2.75, 3.05) is 0 Å². The molecule has 0 bridgehead atoms. The van der Waals surface area contributed by atoms with Crippen LogP contribution in [0, 0.1) is 5.92 Å². The normalized spacial score (nSPS) is 14.0.